The zero-order chi connectivity index (χ0) is 19.3. The normalized spacial score (nSPS) is 15.8. The number of imidazole rings is 1. The number of carbonyl (C=O) groups excluding carboxylic acids is 1. The summed E-state index contributed by atoms with van der Waals surface area (Å²) in [6, 6.07) is 13.8. The molecular weight excluding hydrogens is 374 g/mol. The third-order valence-corrected chi connectivity index (χ3v) is 5.24. The fourth-order valence-electron chi connectivity index (χ4n) is 3.48. The quantitative estimate of drug-likeness (QED) is 0.694. The molecule has 1 aliphatic rings. The van der Waals surface area contributed by atoms with Crippen LogP contribution in [0.3, 0.4) is 0 Å². The number of amides is 1. The van der Waals surface area contributed by atoms with Crippen molar-refractivity contribution in [2.45, 2.75) is 13.1 Å². The Labute approximate surface area is 169 Å². The Hall–Kier alpha value is -2.41. The van der Waals surface area contributed by atoms with Gasteiger partial charge in [-0.3, -0.25) is 14.6 Å². The van der Waals surface area contributed by atoms with E-state index >= 15 is 0 Å². The smallest absolute Gasteiger partial charge is 0.234 e. The van der Waals surface area contributed by atoms with E-state index in [1.165, 1.54) is 0 Å². The second-order valence-electron chi connectivity index (χ2n) is 7.16. The van der Waals surface area contributed by atoms with E-state index in [0.29, 0.717) is 18.1 Å². The van der Waals surface area contributed by atoms with Gasteiger partial charge in [0.2, 0.25) is 5.91 Å². The lowest BCUT2D eigenvalue weighted by atomic mass is 10.2. The van der Waals surface area contributed by atoms with Gasteiger partial charge in [0, 0.05) is 51.7 Å². The van der Waals surface area contributed by atoms with Gasteiger partial charge in [-0.2, -0.15) is 0 Å². The minimum Gasteiger partial charge on any atom is -0.351 e. The molecule has 0 saturated carbocycles. The van der Waals surface area contributed by atoms with Crippen LogP contribution in [0.1, 0.15) is 11.3 Å². The second kappa shape index (κ2) is 8.73. The Morgan fingerprint density at radius 3 is 2.54 bits per heavy atom. The number of hydrogen-bond acceptors (Lipinski definition) is 4. The molecule has 0 aliphatic carbocycles. The summed E-state index contributed by atoms with van der Waals surface area (Å²) in [4.78, 5) is 21.4. The summed E-state index contributed by atoms with van der Waals surface area (Å²) >= 11 is 6.04. The van der Waals surface area contributed by atoms with Gasteiger partial charge in [-0.15, -0.1) is 0 Å². The minimum absolute atomic E-state index is 0.0783. The van der Waals surface area contributed by atoms with Crippen molar-refractivity contribution >= 4 is 23.2 Å². The lowest BCUT2D eigenvalue weighted by molar-refractivity contribution is -0.122. The van der Waals surface area contributed by atoms with Crippen LogP contribution in [0.15, 0.2) is 54.9 Å². The van der Waals surface area contributed by atoms with Crippen molar-refractivity contribution in [3.8, 4) is 0 Å². The molecule has 1 saturated heterocycles. The molecule has 0 radical (unpaired) electrons. The van der Waals surface area contributed by atoms with Crippen molar-refractivity contribution < 1.29 is 4.79 Å². The van der Waals surface area contributed by atoms with Gasteiger partial charge in [-0.05, 0) is 17.7 Å². The number of fused-ring (bicyclic) bond motifs is 1. The maximum Gasteiger partial charge on any atom is 0.234 e. The Balaban J connectivity index is 1.22. The first-order chi connectivity index (χ1) is 13.7. The monoisotopic (exact) mass is 397 g/mol. The summed E-state index contributed by atoms with van der Waals surface area (Å²) in [6.07, 6.45) is 3.91. The number of pyridine rings is 1. The lowest BCUT2D eigenvalue weighted by Crippen LogP contribution is -2.49. The number of rotatable bonds is 6. The van der Waals surface area contributed by atoms with E-state index in [1.807, 2.05) is 59.3 Å². The Morgan fingerprint density at radius 1 is 1.00 bits per heavy atom. The fraction of sp³-hybridized carbons (Fsp3) is 0.333. The highest BCUT2D eigenvalue weighted by molar-refractivity contribution is 6.30. The third-order valence-electron chi connectivity index (χ3n) is 5.02. The zero-order valence-electron chi connectivity index (χ0n) is 15.7. The molecule has 28 heavy (non-hydrogen) atoms. The standard InChI is InChI=1S/C21H24ClN5O/c22-18-6-7-20-24-19(15-27(20)13-18)14-25-8-10-26(11-9-25)16-21(28)23-12-17-4-2-1-3-5-17/h1-7,13,15H,8-12,14,16H2,(H,23,28). The van der Waals surface area contributed by atoms with Gasteiger partial charge < -0.3 is 9.72 Å². The van der Waals surface area contributed by atoms with Crippen molar-refractivity contribution in [2.75, 3.05) is 32.7 Å². The highest BCUT2D eigenvalue weighted by atomic mass is 35.5. The van der Waals surface area contributed by atoms with Crippen LogP contribution in [0.25, 0.3) is 5.65 Å². The third kappa shape index (κ3) is 4.90. The molecule has 0 bridgehead atoms. The van der Waals surface area contributed by atoms with Crippen LogP contribution in [-0.4, -0.2) is 57.8 Å². The van der Waals surface area contributed by atoms with Crippen LogP contribution in [0.4, 0.5) is 0 Å². The van der Waals surface area contributed by atoms with Gasteiger partial charge in [0.1, 0.15) is 5.65 Å². The average Bonchev–Trinajstić information content (AvgIpc) is 3.10. The van der Waals surface area contributed by atoms with Crippen LogP contribution in [0.2, 0.25) is 5.02 Å². The molecule has 146 valence electrons. The van der Waals surface area contributed by atoms with E-state index in [0.717, 1.165) is 49.6 Å². The van der Waals surface area contributed by atoms with Gasteiger partial charge in [0.25, 0.3) is 0 Å². The maximum atomic E-state index is 12.2. The van der Waals surface area contributed by atoms with Crippen LogP contribution in [-0.2, 0) is 17.9 Å². The lowest BCUT2D eigenvalue weighted by Gasteiger charge is -2.33. The van der Waals surface area contributed by atoms with E-state index in [2.05, 4.69) is 20.1 Å². The number of hydrogen-bond donors (Lipinski definition) is 1. The van der Waals surface area contributed by atoms with Gasteiger partial charge in [0.05, 0.1) is 17.3 Å². The molecule has 7 heteroatoms. The molecule has 4 rings (SSSR count). The van der Waals surface area contributed by atoms with E-state index in [1.54, 1.807) is 0 Å². The van der Waals surface area contributed by atoms with Crippen molar-refractivity contribution in [1.82, 2.24) is 24.5 Å². The van der Waals surface area contributed by atoms with Crippen LogP contribution < -0.4 is 5.32 Å². The summed E-state index contributed by atoms with van der Waals surface area (Å²) in [5, 5.41) is 3.70. The number of nitrogens with one attached hydrogen (secondary N) is 1. The first-order valence-electron chi connectivity index (χ1n) is 9.54. The average molecular weight is 398 g/mol. The summed E-state index contributed by atoms with van der Waals surface area (Å²) in [5.41, 5.74) is 3.07. The van der Waals surface area contributed by atoms with Crippen molar-refractivity contribution in [3.05, 3.63) is 71.1 Å². The molecule has 1 aromatic carbocycles. The molecule has 1 fully saturated rings. The molecule has 1 N–H and O–H groups in total. The SMILES string of the molecule is O=C(CN1CCN(Cc2cn3cc(Cl)ccc3n2)CC1)NCc1ccccc1. The number of piperazine rings is 1. The first kappa shape index (κ1) is 18.9. The number of nitrogens with zero attached hydrogens (tertiary/aromatic N) is 4. The van der Waals surface area contributed by atoms with Gasteiger partial charge >= 0.3 is 0 Å². The molecule has 1 aliphatic heterocycles. The molecule has 0 spiro atoms. The second-order valence-corrected chi connectivity index (χ2v) is 7.60. The fourth-order valence-corrected chi connectivity index (χ4v) is 3.65. The molecule has 0 unspecified atom stereocenters. The minimum atomic E-state index is 0.0783. The van der Waals surface area contributed by atoms with Crippen molar-refractivity contribution in [2.24, 2.45) is 0 Å². The summed E-state index contributed by atoms with van der Waals surface area (Å²) < 4.78 is 1.96. The molecule has 3 heterocycles. The van der Waals surface area contributed by atoms with Gasteiger partial charge in [-0.1, -0.05) is 41.9 Å². The number of benzene rings is 1. The van der Waals surface area contributed by atoms with E-state index in [9.17, 15) is 4.79 Å². The highest BCUT2D eigenvalue weighted by Gasteiger charge is 2.19. The van der Waals surface area contributed by atoms with Crippen LogP contribution >= 0.6 is 11.6 Å². The molecule has 2 aromatic heterocycles. The summed E-state index contributed by atoms with van der Waals surface area (Å²) in [5.74, 6) is 0.0783. The van der Waals surface area contributed by atoms with Gasteiger partial charge in [0.15, 0.2) is 0 Å². The predicted molar refractivity (Wildman–Crippen MR) is 110 cm³/mol. The number of carbonyl (C=O) groups is 1. The Bertz CT molecular complexity index is 934. The molecular formula is C21H24ClN5O. The van der Waals surface area contributed by atoms with Crippen molar-refractivity contribution in [1.29, 1.82) is 0 Å². The van der Waals surface area contributed by atoms with Crippen LogP contribution in [0.5, 0.6) is 0 Å². The summed E-state index contributed by atoms with van der Waals surface area (Å²) in [7, 11) is 0. The largest absolute Gasteiger partial charge is 0.351 e. The maximum absolute atomic E-state index is 12.2. The van der Waals surface area contributed by atoms with Crippen molar-refractivity contribution in [3.63, 3.8) is 0 Å². The van der Waals surface area contributed by atoms with Gasteiger partial charge in [-0.25, -0.2) is 4.98 Å². The molecule has 6 nitrogen and oxygen atoms in total. The van der Waals surface area contributed by atoms with Crippen LogP contribution in [0, 0.1) is 0 Å². The highest BCUT2D eigenvalue weighted by Crippen LogP contribution is 2.14. The zero-order valence-corrected chi connectivity index (χ0v) is 16.5. The predicted octanol–water partition coefficient (Wildman–Crippen LogP) is 2.42. The Morgan fingerprint density at radius 2 is 1.75 bits per heavy atom. The first-order valence-corrected chi connectivity index (χ1v) is 9.92. The molecule has 3 aromatic rings. The Kier molecular flexibility index (Phi) is 5.90. The van der Waals surface area contributed by atoms with E-state index in [-0.39, 0.29) is 5.91 Å². The topological polar surface area (TPSA) is 52.9 Å². The summed E-state index contributed by atoms with van der Waals surface area (Å²) in [6.45, 7) is 5.48. The van der Waals surface area contributed by atoms with E-state index in [4.69, 9.17) is 11.6 Å². The number of halogens is 1. The molecule has 0 atom stereocenters. The number of aromatic nitrogens is 2. The molecule has 1 amide bonds. The van der Waals surface area contributed by atoms with E-state index < -0.39 is 0 Å².